The molecule has 1 fully saturated rings. The number of hydrogen-bond donors (Lipinski definition) is 3. The fourth-order valence-corrected chi connectivity index (χ4v) is 5.06. The van der Waals surface area contributed by atoms with Gasteiger partial charge in [0.15, 0.2) is 5.69 Å². The van der Waals surface area contributed by atoms with Crippen molar-refractivity contribution < 1.29 is 23.5 Å². The Morgan fingerprint density at radius 3 is 2.34 bits per heavy atom. The van der Waals surface area contributed by atoms with Crippen LogP contribution in [0, 0.1) is 5.82 Å². The minimum Gasteiger partial charge on any atom is -0.395 e. The van der Waals surface area contributed by atoms with Gasteiger partial charge < -0.3 is 21.5 Å². The average molecular weight is 540 g/mol. The molecular formula is C27H30FN5O4S. The number of primary amides is 1. The third-order valence-corrected chi connectivity index (χ3v) is 7.28. The zero-order valence-corrected chi connectivity index (χ0v) is 22.0. The van der Waals surface area contributed by atoms with Crippen LogP contribution in [-0.4, -0.2) is 41.4 Å². The molecule has 0 radical (unpaired) electrons. The van der Waals surface area contributed by atoms with Gasteiger partial charge in [-0.3, -0.25) is 19.3 Å². The van der Waals surface area contributed by atoms with E-state index in [4.69, 9.17) is 16.2 Å². The van der Waals surface area contributed by atoms with Crippen LogP contribution in [0.15, 0.2) is 48.5 Å². The van der Waals surface area contributed by atoms with E-state index in [9.17, 15) is 18.8 Å². The average Bonchev–Trinajstić information content (AvgIpc) is 3.56. The van der Waals surface area contributed by atoms with Gasteiger partial charge in [0.25, 0.3) is 11.8 Å². The van der Waals surface area contributed by atoms with Crippen molar-refractivity contribution in [3.05, 3.63) is 76.0 Å². The number of benzene rings is 2. The topological polar surface area (TPSA) is 141 Å². The number of hydrogen-bond acceptors (Lipinski definition) is 7. The normalized spacial score (nSPS) is 15.8. The number of nitrogens with one attached hydrogen (secondary N) is 1. The Hall–Kier alpha value is -3.83. The summed E-state index contributed by atoms with van der Waals surface area (Å²) >= 11 is 0.725. The Labute approximate surface area is 224 Å². The Kier molecular flexibility index (Phi) is 8.38. The van der Waals surface area contributed by atoms with Gasteiger partial charge in [-0.05, 0) is 65.7 Å². The standard InChI is InChI=1S/C27H30FN5O4S/c1-15(2)16-7-11-19(12-8-16)33(27(36)24-21(29)22(25(30)34)32-38-24)23(17-5-9-18(28)10-6-17)26(35)31-14-20-4-3-13-37-20/h5-12,15,20,23H,3-4,13-14,29H2,1-2H3,(H2,30,34)(H,31,35). The zero-order chi connectivity index (χ0) is 27.4. The number of halogens is 1. The molecule has 1 aliphatic rings. The third kappa shape index (κ3) is 5.84. The van der Waals surface area contributed by atoms with E-state index >= 15 is 0 Å². The summed E-state index contributed by atoms with van der Waals surface area (Å²) in [6.07, 6.45) is 1.59. The summed E-state index contributed by atoms with van der Waals surface area (Å²) in [5, 5.41) is 2.89. The molecule has 1 aromatic heterocycles. The maximum absolute atomic E-state index is 14.1. The van der Waals surface area contributed by atoms with E-state index in [0.29, 0.717) is 17.9 Å². The third-order valence-electron chi connectivity index (χ3n) is 6.43. The number of nitrogen functional groups attached to an aromatic ring is 1. The molecule has 9 nitrogen and oxygen atoms in total. The summed E-state index contributed by atoms with van der Waals surface area (Å²) in [6.45, 7) is 4.98. The van der Waals surface area contributed by atoms with Crippen LogP contribution >= 0.6 is 11.5 Å². The summed E-state index contributed by atoms with van der Waals surface area (Å²) in [5.74, 6) is -2.23. The summed E-state index contributed by atoms with van der Waals surface area (Å²) in [7, 11) is 0. The second-order valence-corrected chi connectivity index (χ2v) is 10.2. The van der Waals surface area contributed by atoms with E-state index in [-0.39, 0.29) is 34.8 Å². The number of carbonyl (C=O) groups is 3. The number of carbonyl (C=O) groups excluding carboxylic acids is 3. The van der Waals surface area contributed by atoms with E-state index in [0.717, 1.165) is 29.9 Å². The van der Waals surface area contributed by atoms with Crippen molar-refractivity contribution in [2.75, 3.05) is 23.8 Å². The van der Waals surface area contributed by atoms with Crippen molar-refractivity contribution in [1.82, 2.24) is 9.69 Å². The van der Waals surface area contributed by atoms with Crippen molar-refractivity contribution in [3.8, 4) is 0 Å². The van der Waals surface area contributed by atoms with Crippen LogP contribution in [0.3, 0.4) is 0 Å². The second-order valence-electron chi connectivity index (χ2n) is 9.39. The Balaban J connectivity index is 1.81. The van der Waals surface area contributed by atoms with E-state index < -0.39 is 29.6 Å². The molecule has 200 valence electrons. The minimum atomic E-state index is -1.19. The van der Waals surface area contributed by atoms with E-state index in [2.05, 4.69) is 9.69 Å². The molecular weight excluding hydrogens is 509 g/mol. The predicted octanol–water partition coefficient (Wildman–Crippen LogP) is 3.77. The summed E-state index contributed by atoms with van der Waals surface area (Å²) < 4.78 is 23.4. The summed E-state index contributed by atoms with van der Waals surface area (Å²) in [6, 6.07) is 11.4. The molecule has 3 amide bonds. The molecule has 4 rings (SSSR count). The first-order chi connectivity index (χ1) is 18.2. The van der Waals surface area contributed by atoms with Crippen LogP contribution < -0.4 is 21.7 Å². The first-order valence-corrected chi connectivity index (χ1v) is 13.1. The number of anilines is 2. The molecule has 2 aromatic carbocycles. The van der Waals surface area contributed by atoms with E-state index in [1.807, 2.05) is 26.0 Å². The highest BCUT2D eigenvalue weighted by atomic mass is 32.1. The van der Waals surface area contributed by atoms with Crippen LogP contribution in [0.1, 0.15) is 69.9 Å². The zero-order valence-electron chi connectivity index (χ0n) is 21.1. The molecule has 0 saturated carbocycles. The molecule has 2 heterocycles. The van der Waals surface area contributed by atoms with Crippen molar-refractivity contribution in [2.45, 2.75) is 44.8 Å². The quantitative estimate of drug-likeness (QED) is 0.378. The summed E-state index contributed by atoms with van der Waals surface area (Å²) in [4.78, 5) is 40.8. The first kappa shape index (κ1) is 27.2. The van der Waals surface area contributed by atoms with Gasteiger partial charge in [-0.15, -0.1) is 0 Å². The number of nitrogens with zero attached hydrogens (tertiary/aromatic N) is 2. The minimum absolute atomic E-state index is 0.0363. The molecule has 38 heavy (non-hydrogen) atoms. The lowest BCUT2D eigenvalue weighted by Gasteiger charge is -2.32. The molecule has 0 spiro atoms. The molecule has 11 heteroatoms. The smallest absolute Gasteiger partial charge is 0.273 e. The van der Waals surface area contributed by atoms with Crippen LogP contribution in [0.5, 0.6) is 0 Å². The van der Waals surface area contributed by atoms with Crippen molar-refractivity contribution in [1.29, 1.82) is 0 Å². The number of rotatable bonds is 9. The predicted molar refractivity (Wildman–Crippen MR) is 144 cm³/mol. The van der Waals surface area contributed by atoms with Gasteiger partial charge in [0.1, 0.15) is 16.7 Å². The lowest BCUT2D eigenvalue weighted by Crippen LogP contribution is -2.45. The monoisotopic (exact) mass is 539 g/mol. The van der Waals surface area contributed by atoms with Gasteiger partial charge in [-0.25, -0.2) is 4.39 Å². The van der Waals surface area contributed by atoms with Crippen LogP contribution in [0.25, 0.3) is 0 Å². The van der Waals surface area contributed by atoms with Crippen molar-refractivity contribution in [3.63, 3.8) is 0 Å². The van der Waals surface area contributed by atoms with Gasteiger partial charge in [0.2, 0.25) is 5.91 Å². The van der Waals surface area contributed by atoms with Gasteiger partial charge in [0, 0.05) is 18.8 Å². The number of aromatic nitrogens is 1. The second kappa shape index (κ2) is 11.7. The molecule has 5 N–H and O–H groups in total. The summed E-state index contributed by atoms with van der Waals surface area (Å²) in [5.41, 5.74) is 12.9. The van der Waals surface area contributed by atoms with Crippen molar-refractivity contribution in [2.24, 2.45) is 5.73 Å². The SMILES string of the molecule is CC(C)c1ccc(N(C(=O)c2snc(C(N)=O)c2N)C(C(=O)NCC2CCCO2)c2ccc(F)cc2)cc1. The Morgan fingerprint density at radius 2 is 1.79 bits per heavy atom. The molecule has 0 aliphatic carbocycles. The Morgan fingerprint density at radius 1 is 1.13 bits per heavy atom. The van der Waals surface area contributed by atoms with Gasteiger partial charge in [0.05, 0.1) is 11.8 Å². The largest absolute Gasteiger partial charge is 0.395 e. The molecule has 1 saturated heterocycles. The lowest BCUT2D eigenvalue weighted by molar-refractivity contribution is -0.123. The molecule has 3 aromatic rings. The Bertz CT molecular complexity index is 1300. The van der Waals surface area contributed by atoms with Crippen LogP contribution in [0.2, 0.25) is 0 Å². The molecule has 2 atom stereocenters. The molecule has 2 unspecified atom stereocenters. The maximum atomic E-state index is 14.1. The fourth-order valence-electron chi connectivity index (χ4n) is 4.32. The highest BCUT2D eigenvalue weighted by molar-refractivity contribution is 7.09. The van der Waals surface area contributed by atoms with E-state index in [1.54, 1.807) is 12.1 Å². The van der Waals surface area contributed by atoms with Crippen molar-refractivity contribution >= 4 is 40.6 Å². The van der Waals surface area contributed by atoms with Crippen LogP contribution in [0.4, 0.5) is 15.8 Å². The number of nitrogens with two attached hydrogens (primary N) is 2. The molecule has 1 aliphatic heterocycles. The van der Waals surface area contributed by atoms with E-state index in [1.165, 1.54) is 29.2 Å². The lowest BCUT2D eigenvalue weighted by atomic mass is 10.00. The number of ether oxygens (including phenoxy) is 1. The highest BCUT2D eigenvalue weighted by Gasteiger charge is 2.36. The van der Waals surface area contributed by atoms with Crippen LogP contribution in [-0.2, 0) is 9.53 Å². The van der Waals surface area contributed by atoms with Gasteiger partial charge >= 0.3 is 0 Å². The first-order valence-electron chi connectivity index (χ1n) is 12.3. The molecule has 0 bridgehead atoms. The maximum Gasteiger partial charge on any atom is 0.273 e. The van der Waals surface area contributed by atoms with Gasteiger partial charge in [-0.2, -0.15) is 4.37 Å². The van der Waals surface area contributed by atoms with Gasteiger partial charge in [-0.1, -0.05) is 38.1 Å². The highest BCUT2D eigenvalue weighted by Crippen LogP contribution is 2.34. The number of amides is 3. The fraction of sp³-hybridized carbons (Fsp3) is 0.333.